The van der Waals surface area contributed by atoms with Gasteiger partial charge in [-0.2, -0.15) is 0 Å². The van der Waals surface area contributed by atoms with Gasteiger partial charge in [0.05, 0.1) is 0 Å². The molecule has 198 valence electrons. The molecule has 1 atom stereocenters. The van der Waals surface area contributed by atoms with Crippen LogP contribution in [0.5, 0.6) is 5.75 Å². The minimum Gasteiger partial charge on any atom is -1.00 e. The Morgan fingerprint density at radius 2 is 1.39 bits per heavy atom. The zero-order valence-corrected chi connectivity index (χ0v) is 22.3. The number of anilines is 1. The van der Waals surface area contributed by atoms with E-state index in [4.69, 9.17) is 4.74 Å². The Morgan fingerprint density at radius 1 is 0.833 bits per heavy atom. The second-order valence-electron chi connectivity index (χ2n) is 11.5. The molecule has 0 radical (unpaired) electrons. The van der Waals surface area contributed by atoms with Gasteiger partial charge in [-0.25, -0.2) is 4.39 Å². The lowest BCUT2D eigenvalue weighted by molar-refractivity contribution is -0.00526. The molecular weight excluding hydrogens is 498 g/mol. The molecule has 2 aromatic rings. The van der Waals surface area contributed by atoms with E-state index >= 15 is 0 Å². The van der Waals surface area contributed by atoms with Gasteiger partial charge < -0.3 is 39.6 Å². The number of hydrogen-bond acceptors (Lipinski definition) is 4. The molecule has 1 unspecified atom stereocenters. The van der Waals surface area contributed by atoms with Gasteiger partial charge in [-0.3, -0.25) is 4.90 Å². The van der Waals surface area contributed by atoms with E-state index in [2.05, 4.69) is 34.1 Å². The first-order chi connectivity index (χ1) is 16.5. The summed E-state index contributed by atoms with van der Waals surface area (Å²) in [6.45, 7) is 4.45. The van der Waals surface area contributed by atoms with Crippen molar-refractivity contribution in [2.45, 2.75) is 50.0 Å². The van der Waals surface area contributed by atoms with Crippen LogP contribution < -0.4 is 34.5 Å². The summed E-state index contributed by atoms with van der Waals surface area (Å²) < 4.78 is 19.1. The minimum atomic E-state index is -0.514. The fourth-order valence-corrected chi connectivity index (χ4v) is 7.75. The van der Waals surface area contributed by atoms with Crippen molar-refractivity contribution >= 4 is 5.69 Å². The van der Waals surface area contributed by atoms with Gasteiger partial charge in [0.2, 0.25) is 0 Å². The predicted molar refractivity (Wildman–Crippen MR) is 133 cm³/mol. The zero-order valence-electron chi connectivity index (χ0n) is 20.8. The molecule has 1 saturated heterocycles. The number of ether oxygens (including phenoxy) is 1. The molecule has 5 fully saturated rings. The van der Waals surface area contributed by atoms with Crippen LogP contribution in [0.4, 0.5) is 10.1 Å². The zero-order chi connectivity index (χ0) is 23.1. The van der Waals surface area contributed by atoms with Crippen molar-refractivity contribution in [1.29, 1.82) is 0 Å². The molecule has 5 aliphatic rings. The molecule has 2 aromatic carbocycles. The molecule has 0 spiro atoms. The number of aliphatic hydroxyl groups excluding tert-OH is 1. The second-order valence-corrected chi connectivity index (χ2v) is 11.5. The fourth-order valence-electron chi connectivity index (χ4n) is 7.75. The molecule has 4 nitrogen and oxygen atoms in total. The fraction of sp³-hybridized carbons (Fsp3) is 0.586. The van der Waals surface area contributed by atoms with Gasteiger partial charge >= 0.3 is 0 Å². The van der Waals surface area contributed by atoms with Crippen LogP contribution in [0, 0.1) is 23.6 Å². The van der Waals surface area contributed by atoms with Crippen molar-refractivity contribution in [3.05, 3.63) is 59.9 Å². The molecule has 1 heterocycles. The maximum atomic E-state index is 13.2. The first kappa shape index (κ1) is 27.5. The molecule has 1 N–H and O–H groups in total. The smallest absolute Gasteiger partial charge is 0.123 e. The van der Waals surface area contributed by atoms with Crippen LogP contribution in [-0.2, 0) is 5.41 Å². The van der Waals surface area contributed by atoms with Crippen molar-refractivity contribution < 1.29 is 39.0 Å². The van der Waals surface area contributed by atoms with Gasteiger partial charge in [0, 0.05) is 38.4 Å². The molecule has 7 rings (SSSR count). The second kappa shape index (κ2) is 11.5. The van der Waals surface area contributed by atoms with Crippen LogP contribution in [-0.4, -0.2) is 55.4 Å². The molecular formula is C29H37Cl2FN2O2-2. The lowest BCUT2D eigenvalue weighted by Crippen LogP contribution is -3.00. The van der Waals surface area contributed by atoms with Crippen LogP contribution in [0.1, 0.15) is 44.1 Å². The van der Waals surface area contributed by atoms with E-state index in [0.717, 1.165) is 55.4 Å². The van der Waals surface area contributed by atoms with Crippen LogP contribution in [0.2, 0.25) is 0 Å². The molecule has 0 aromatic heterocycles. The largest absolute Gasteiger partial charge is 1.00 e. The summed E-state index contributed by atoms with van der Waals surface area (Å²) in [6, 6.07) is 15.5. The van der Waals surface area contributed by atoms with E-state index in [0.29, 0.717) is 18.6 Å². The average Bonchev–Trinajstić information content (AvgIpc) is 2.83. The first-order valence-corrected chi connectivity index (χ1v) is 13.2. The van der Waals surface area contributed by atoms with Crippen LogP contribution in [0.15, 0.2) is 48.5 Å². The van der Waals surface area contributed by atoms with Crippen LogP contribution in [0.25, 0.3) is 0 Å². The van der Waals surface area contributed by atoms with Gasteiger partial charge in [0.1, 0.15) is 24.3 Å². The van der Waals surface area contributed by atoms with Gasteiger partial charge in [-0.15, -0.1) is 0 Å². The summed E-state index contributed by atoms with van der Waals surface area (Å²) in [7, 11) is 0. The third-order valence-electron chi connectivity index (χ3n) is 8.98. The number of benzene rings is 2. The number of nitrogens with zero attached hydrogens (tertiary/aromatic N) is 2. The number of hydrogen-bond donors (Lipinski definition) is 1. The minimum absolute atomic E-state index is 0. The van der Waals surface area contributed by atoms with Crippen molar-refractivity contribution in [3.8, 4) is 5.75 Å². The first-order valence-electron chi connectivity index (χ1n) is 13.2. The maximum Gasteiger partial charge on any atom is 0.123 e. The standard InChI is InChI=1S/C29H37FN2O2.2ClH/c30-25-3-5-26(6-4-25)32-11-9-31(10-12-32)19-27(33)20-34-28-7-1-24(2-8-28)29-16-21-13-22(17-29)15-23(14-21)18-29;;/h1-8,21-23,27,33H,9-20H2;2*1H/p-2. The highest BCUT2D eigenvalue weighted by Gasteiger charge is 2.51. The lowest BCUT2D eigenvalue weighted by Gasteiger charge is -2.57. The maximum absolute atomic E-state index is 13.2. The van der Waals surface area contributed by atoms with Crippen molar-refractivity contribution in [2.75, 3.05) is 44.2 Å². The molecule has 0 amide bonds. The number of piperazine rings is 1. The highest BCUT2D eigenvalue weighted by molar-refractivity contribution is 5.46. The van der Waals surface area contributed by atoms with Gasteiger partial charge in [-0.1, -0.05) is 12.1 Å². The van der Waals surface area contributed by atoms with Crippen molar-refractivity contribution in [3.63, 3.8) is 0 Å². The molecule has 4 aliphatic carbocycles. The summed E-state index contributed by atoms with van der Waals surface area (Å²) >= 11 is 0. The third-order valence-corrected chi connectivity index (χ3v) is 8.98. The Hall–Kier alpha value is -1.53. The number of halogens is 3. The predicted octanol–water partition coefficient (Wildman–Crippen LogP) is -1.14. The summed E-state index contributed by atoms with van der Waals surface area (Å²) in [4.78, 5) is 4.55. The van der Waals surface area contributed by atoms with E-state index in [-0.39, 0.29) is 30.6 Å². The van der Waals surface area contributed by atoms with E-state index < -0.39 is 6.10 Å². The molecule has 7 heteroatoms. The number of β-amino-alcohol motifs (C(OH)–C–C–N with tert-alkyl or cyclic N) is 1. The number of rotatable bonds is 7. The third kappa shape index (κ3) is 5.80. The average molecular weight is 536 g/mol. The Kier molecular flexibility index (Phi) is 8.76. The van der Waals surface area contributed by atoms with Crippen LogP contribution in [0.3, 0.4) is 0 Å². The Balaban J connectivity index is 0.00000152. The quantitative estimate of drug-likeness (QED) is 0.487. The van der Waals surface area contributed by atoms with E-state index in [9.17, 15) is 9.50 Å². The molecule has 4 bridgehead atoms. The molecule has 36 heavy (non-hydrogen) atoms. The van der Waals surface area contributed by atoms with E-state index in [1.807, 2.05) is 12.1 Å². The number of aliphatic hydroxyl groups is 1. The topological polar surface area (TPSA) is 35.9 Å². The van der Waals surface area contributed by atoms with Gasteiger partial charge in [-0.05, 0) is 104 Å². The summed E-state index contributed by atoms with van der Waals surface area (Å²) in [5.74, 6) is 3.51. The SMILES string of the molecule is OC(COc1ccc(C23CC4CC(CC(C4)C2)C3)cc1)CN1CCN(c2ccc(F)cc2)CC1.[Cl-].[Cl-]. The Morgan fingerprint density at radius 3 is 1.94 bits per heavy atom. The van der Waals surface area contributed by atoms with Gasteiger partial charge in [0.15, 0.2) is 0 Å². The molecule has 4 saturated carbocycles. The van der Waals surface area contributed by atoms with Crippen LogP contribution >= 0.6 is 0 Å². The monoisotopic (exact) mass is 534 g/mol. The molecule has 1 aliphatic heterocycles. The Labute approximate surface area is 227 Å². The highest BCUT2D eigenvalue weighted by Crippen LogP contribution is 2.60. The van der Waals surface area contributed by atoms with Crippen molar-refractivity contribution in [2.24, 2.45) is 17.8 Å². The summed E-state index contributed by atoms with van der Waals surface area (Å²) in [6.07, 6.45) is 8.05. The lowest BCUT2D eigenvalue weighted by atomic mass is 9.48. The van der Waals surface area contributed by atoms with Crippen molar-refractivity contribution in [1.82, 2.24) is 4.90 Å². The Bertz CT molecular complexity index is 944. The highest BCUT2D eigenvalue weighted by atomic mass is 35.5. The van der Waals surface area contributed by atoms with E-state index in [1.54, 1.807) is 0 Å². The normalized spacial score (nSPS) is 29.8. The summed E-state index contributed by atoms with van der Waals surface area (Å²) in [5.41, 5.74) is 2.99. The summed E-state index contributed by atoms with van der Waals surface area (Å²) in [5, 5.41) is 10.6. The van der Waals surface area contributed by atoms with Gasteiger partial charge in [0.25, 0.3) is 0 Å². The van der Waals surface area contributed by atoms with E-state index in [1.165, 1.54) is 56.2 Å².